The van der Waals surface area contributed by atoms with Gasteiger partial charge in [-0.3, -0.25) is 9.69 Å². The van der Waals surface area contributed by atoms with Crippen molar-refractivity contribution in [2.45, 2.75) is 59.1 Å². The SMILES string of the molecule is CC1CCN(Cc2csc(NC(=O)C3CCN(C(=O)OC(C)(C)C)C3)n2)CC1. The van der Waals surface area contributed by atoms with Crippen molar-refractivity contribution in [3.05, 3.63) is 11.1 Å². The number of thiazole rings is 1. The van der Waals surface area contributed by atoms with Gasteiger partial charge in [0.1, 0.15) is 5.60 Å². The van der Waals surface area contributed by atoms with Gasteiger partial charge in [-0.15, -0.1) is 11.3 Å². The molecular weight excluding hydrogens is 376 g/mol. The topological polar surface area (TPSA) is 74.8 Å². The number of ether oxygens (including phenoxy) is 1. The number of likely N-dealkylation sites (tertiary alicyclic amines) is 2. The van der Waals surface area contributed by atoms with Crippen LogP contribution in [-0.4, -0.2) is 58.6 Å². The lowest BCUT2D eigenvalue weighted by Gasteiger charge is -2.29. The van der Waals surface area contributed by atoms with E-state index in [2.05, 4.69) is 22.1 Å². The first-order valence-electron chi connectivity index (χ1n) is 10.1. The molecule has 7 nitrogen and oxygen atoms in total. The fourth-order valence-corrected chi connectivity index (χ4v) is 4.26. The molecule has 156 valence electrons. The van der Waals surface area contributed by atoms with Crippen molar-refractivity contribution < 1.29 is 14.3 Å². The van der Waals surface area contributed by atoms with E-state index in [0.717, 1.165) is 31.2 Å². The molecule has 1 unspecified atom stereocenters. The molecule has 0 saturated carbocycles. The average Bonchev–Trinajstić information content (AvgIpc) is 3.25. The smallest absolute Gasteiger partial charge is 0.410 e. The van der Waals surface area contributed by atoms with Gasteiger partial charge in [-0.1, -0.05) is 6.92 Å². The van der Waals surface area contributed by atoms with Crippen LogP contribution >= 0.6 is 11.3 Å². The molecule has 2 aliphatic heterocycles. The van der Waals surface area contributed by atoms with Crippen molar-refractivity contribution in [2.75, 3.05) is 31.5 Å². The molecule has 0 spiro atoms. The number of rotatable bonds is 4. The summed E-state index contributed by atoms with van der Waals surface area (Å²) in [5.74, 6) is 0.524. The quantitative estimate of drug-likeness (QED) is 0.824. The van der Waals surface area contributed by atoms with Crippen LogP contribution in [0, 0.1) is 11.8 Å². The van der Waals surface area contributed by atoms with E-state index in [1.807, 2.05) is 26.2 Å². The number of piperidine rings is 1. The second-order valence-electron chi connectivity index (χ2n) is 9.00. The van der Waals surface area contributed by atoms with Crippen LogP contribution in [0.15, 0.2) is 5.38 Å². The number of amides is 2. The zero-order valence-electron chi connectivity index (χ0n) is 17.4. The van der Waals surface area contributed by atoms with Gasteiger partial charge in [-0.25, -0.2) is 9.78 Å². The first kappa shape index (κ1) is 21.0. The molecule has 1 atom stereocenters. The van der Waals surface area contributed by atoms with Crippen LogP contribution in [0.1, 0.15) is 52.7 Å². The first-order chi connectivity index (χ1) is 13.2. The predicted octanol–water partition coefficient (Wildman–Crippen LogP) is 3.57. The maximum Gasteiger partial charge on any atom is 0.410 e. The number of aromatic nitrogens is 1. The Kier molecular flexibility index (Phi) is 6.60. The van der Waals surface area contributed by atoms with E-state index in [4.69, 9.17) is 4.74 Å². The maximum atomic E-state index is 12.6. The Balaban J connectivity index is 1.46. The molecule has 3 heterocycles. The van der Waals surface area contributed by atoms with E-state index in [0.29, 0.717) is 24.6 Å². The molecule has 1 N–H and O–H groups in total. The van der Waals surface area contributed by atoms with E-state index in [1.165, 1.54) is 24.2 Å². The summed E-state index contributed by atoms with van der Waals surface area (Å²) >= 11 is 1.47. The summed E-state index contributed by atoms with van der Waals surface area (Å²) in [5.41, 5.74) is 0.484. The Hall–Kier alpha value is -1.67. The highest BCUT2D eigenvalue weighted by Gasteiger charge is 2.33. The van der Waals surface area contributed by atoms with Gasteiger partial charge in [-0.05, 0) is 59.0 Å². The highest BCUT2D eigenvalue weighted by Crippen LogP contribution is 2.24. The molecule has 2 amide bonds. The molecule has 8 heteroatoms. The van der Waals surface area contributed by atoms with Crippen LogP contribution in [0.25, 0.3) is 0 Å². The third-order valence-corrected chi connectivity index (χ3v) is 6.06. The monoisotopic (exact) mass is 408 g/mol. The largest absolute Gasteiger partial charge is 0.444 e. The molecule has 0 radical (unpaired) electrons. The molecule has 2 aliphatic rings. The lowest BCUT2D eigenvalue weighted by Crippen LogP contribution is -2.36. The van der Waals surface area contributed by atoms with E-state index in [1.54, 1.807) is 4.90 Å². The summed E-state index contributed by atoms with van der Waals surface area (Å²) in [6.45, 7) is 11.8. The number of nitrogens with zero attached hydrogens (tertiary/aromatic N) is 3. The highest BCUT2D eigenvalue weighted by atomic mass is 32.1. The molecule has 3 rings (SSSR count). The third-order valence-electron chi connectivity index (χ3n) is 5.25. The van der Waals surface area contributed by atoms with Crippen molar-refractivity contribution in [3.63, 3.8) is 0 Å². The highest BCUT2D eigenvalue weighted by molar-refractivity contribution is 7.13. The molecule has 2 saturated heterocycles. The number of carbonyl (C=O) groups is 2. The Bertz CT molecular complexity index is 692. The molecule has 0 aliphatic carbocycles. The van der Waals surface area contributed by atoms with Gasteiger partial charge < -0.3 is 15.0 Å². The van der Waals surface area contributed by atoms with Crippen LogP contribution < -0.4 is 5.32 Å². The normalized spacial score (nSPS) is 21.7. The third kappa shape index (κ3) is 5.91. The van der Waals surface area contributed by atoms with Crippen molar-refractivity contribution in [2.24, 2.45) is 11.8 Å². The lowest BCUT2D eigenvalue weighted by molar-refractivity contribution is -0.119. The Morgan fingerprint density at radius 2 is 1.96 bits per heavy atom. The standard InChI is InChI=1S/C20H32N4O3S/c1-14-5-8-23(9-6-14)12-16-13-28-18(21-16)22-17(25)15-7-10-24(11-15)19(26)27-20(2,3)4/h13-15H,5-12H2,1-4H3,(H,21,22,25). The first-order valence-corrected chi connectivity index (χ1v) is 11.0. The van der Waals surface area contributed by atoms with E-state index in [-0.39, 0.29) is 17.9 Å². The zero-order valence-corrected chi connectivity index (χ0v) is 18.2. The fraction of sp³-hybridized carbons (Fsp3) is 0.750. The van der Waals surface area contributed by atoms with Crippen LogP contribution in [0.3, 0.4) is 0 Å². The fourth-order valence-electron chi connectivity index (χ4n) is 3.56. The molecule has 28 heavy (non-hydrogen) atoms. The number of hydrogen-bond donors (Lipinski definition) is 1. The van der Waals surface area contributed by atoms with Gasteiger partial charge in [0.2, 0.25) is 5.91 Å². The van der Waals surface area contributed by atoms with Crippen LogP contribution in [-0.2, 0) is 16.1 Å². The van der Waals surface area contributed by atoms with Crippen molar-refractivity contribution in [1.29, 1.82) is 0 Å². The number of nitrogens with one attached hydrogen (secondary N) is 1. The van der Waals surface area contributed by atoms with Gasteiger partial charge in [-0.2, -0.15) is 0 Å². The minimum atomic E-state index is -0.527. The van der Waals surface area contributed by atoms with Crippen LogP contribution in [0.5, 0.6) is 0 Å². The van der Waals surface area contributed by atoms with Crippen LogP contribution in [0.2, 0.25) is 0 Å². The maximum absolute atomic E-state index is 12.6. The zero-order chi connectivity index (χ0) is 20.3. The second-order valence-corrected chi connectivity index (χ2v) is 9.86. The Morgan fingerprint density at radius 3 is 2.64 bits per heavy atom. The number of hydrogen-bond acceptors (Lipinski definition) is 6. The summed E-state index contributed by atoms with van der Waals surface area (Å²) < 4.78 is 5.39. The van der Waals surface area contributed by atoms with Gasteiger partial charge in [0, 0.05) is 25.0 Å². The van der Waals surface area contributed by atoms with E-state index in [9.17, 15) is 9.59 Å². The van der Waals surface area contributed by atoms with Crippen molar-refractivity contribution in [1.82, 2.24) is 14.8 Å². The van der Waals surface area contributed by atoms with Gasteiger partial charge in [0.05, 0.1) is 11.6 Å². The molecule has 0 bridgehead atoms. The molecule has 0 aromatic carbocycles. The number of carbonyl (C=O) groups excluding carboxylic acids is 2. The van der Waals surface area contributed by atoms with Crippen molar-refractivity contribution >= 4 is 28.5 Å². The summed E-state index contributed by atoms with van der Waals surface area (Å²) in [6.07, 6.45) is 2.78. The number of anilines is 1. The molecule has 2 fully saturated rings. The summed E-state index contributed by atoms with van der Waals surface area (Å²) in [7, 11) is 0. The molecular formula is C20H32N4O3S. The second kappa shape index (κ2) is 8.78. The van der Waals surface area contributed by atoms with Crippen LogP contribution in [0.4, 0.5) is 9.93 Å². The minimum Gasteiger partial charge on any atom is -0.444 e. The molecule has 1 aromatic rings. The lowest BCUT2D eigenvalue weighted by atomic mass is 9.99. The van der Waals surface area contributed by atoms with Gasteiger partial charge >= 0.3 is 6.09 Å². The Labute approximate surface area is 171 Å². The average molecular weight is 409 g/mol. The van der Waals surface area contributed by atoms with Gasteiger partial charge in [0.15, 0.2) is 5.13 Å². The van der Waals surface area contributed by atoms with Crippen molar-refractivity contribution in [3.8, 4) is 0 Å². The van der Waals surface area contributed by atoms with E-state index >= 15 is 0 Å². The van der Waals surface area contributed by atoms with Gasteiger partial charge in [0.25, 0.3) is 0 Å². The van der Waals surface area contributed by atoms with E-state index < -0.39 is 5.60 Å². The molecule has 1 aromatic heterocycles. The Morgan fingerprint density at radius 1 is 1.25 bits per heavy atom. The summed E-state index contributed by atoms with van der Waals surface area (Å²) in [6, 6.07) is 0. The summed E-state index contributed by atoms with van der Waals surface area (Å²) in [4.78, 5) is 33.3. The summed E-state index contributed by atoms with van der Waals surface area (Å²) in [5, 5.41) is 5.59. The predicted molar refractivity (Wildman–Crippen MR) is 110 cm³/mol. The minimum absolute atomic E-state index is 0.0706.